The van der Waals surface area contributed by atoms with Crippen LogP contribution in [0.2, 0.25) is 0 Å². The van der Waals surface area contributed by atoms with Gasteiger partial charge in [-0.25, -0.2) is 14.4 Å². The summed E-state index contributed by atoms with van der Waals surface area (Å²) in [7, 11) is 0. The highest BCUT2D eigenvalue weighted by Crippen LogP contribution is 2.29. The fraction of sp³-hybridized carbons (Fsp3) is 0.0526. The number of nitrogens with zero attached hydrogens (tertiary/aromatic N) is 3. The average Bonchev–Trinajstić information content (AvgIpc) is 3.37. The summed E-state index contributed by atoms with van der Waals surface area (Å²) in [5, 5.41) is 2.74. The number of benzene rings is 1. The van der Waals surface area contributed by atoms with Crippen LogP contribution in [-0.2, 0) is 6.54 Å². The maximum Gasteiger partial charge on any atom is 0.287 e. The largest absolute Gasteiger partial charge is 0.342 e. The number of imidazole rings is 2. The van der Waals surface area contributed by atoms with Crippen LogP contribution < -0.4 is 5.32 Å². The van der Waals surface area contributed by atoms with Crippen LogP contribution >= 0.6 is 0 Å². The fourth-order valence-corrected chi connectivity index (χ4v) is 2.68. The Bertz CT molecular complexity index is 1060. The summed E-state index contributed by atoms with van der Waals surface area (Å²) < 4.78 is 13.7. The van der Waals surface area contributed by atoms with Crippen molar-refractivity contribution in [3.8, 4) is 22.6 Å². The first-order valence-corrected chi connectivity index (χ1v) is 8.24. The van der Waals surface area contributed by atoms with Crippen LogP contribution in [0.4, 0.5) is 4.39 Å². The van der Waals surface area contributed by atoms with Crippen LogP contribution in [0, 0.1) is 5.82 Å². The number of rotatable bonds is 5. The summed E-state index contributed by atoms with van der Waals surface area (Å²) >= 11 is 0. The summed E-state index contributed by atoms with van der Waals surface area (Å²) in [6.45, 7) is 0.161. The second-order valence-corrected chi connectivity index (χ2v) is 5.75. The van der Waals surface area contributed by atoms with Crippen LogP contribution in [0.3, 0.4) is 0 Å². The van der Waals surface area contributed by atoms with Gasteiger partial charge in [-0.3, -0.25) is 9.78 Å². The van der Waals surface area contributed by atoms with Gasteiger partial charge in [0.25, 0.3) is 5.91 Å². The number of carbonyl (C=O) groups is 1. The Hall–Kier alpha value is -3.81. The molecule has 0 atom stereocenters. The van der Waals surface area contributed by atoms with E-state index in [1.54, 1.807) is 24.5 Å². The minimum absolute atomic E-state index is 0.161. The van der Waals surface area contributed by atoms with Crippen LogP contribution in [0.25, 0.3) is 22.6 Å². The highest BCUT2D eigenvalue weighted by molar-refractivity contribution is 5.90. The lowest BCUT2D eigenvalue weighted by Gasteiger charge is -2.02. The number of aromatic nitrogens is 5. The van der Waals surface area contributed by atoms with Crippen molar-refractivity contribution in [1.29, 1.82) is 0 Å². The number of hydrogen-bond donors (Lipinski definition) is 3. The molecule has 0 radical (unpaired) electrons. The highest BCUT2D eigenvalue weighted by Gasteiger charge is 2.16. The molecule has 134 valence electrons. The van der Waals surface area contributed by atoms with Crippen molar-refractivity contribution in [2.75, 3.05) is 0 Å². The average molecular weight is 362 g/mol. The zero-order chi connectivity index (χ0) is 18.6. The smallest absolute Gasteiger partial charge is 0.287 e. The maximum atomic E-state index is 13.7. The minimum Gasteiger partial charge on any atom is -0.342 e. The molecule has 4 rings (SSSR count). The second-order valence-electron chi connectivity index (χ2n) is 5.75. The molecule has 3 N–H and O–H groups in total. The van der Waals surface area contributed by atoms with E-state index in [1.807, 2.05) is 18.2 Å². The van der Waals surface area contributed by atoms with Gasteiger partial charge >= 0.3 is 0 Å². The molecule has 0 unspecified atom stereocenters. The molecule has 0 spiro atoms. The van der Waals surface area contributed by atoms with Crippen molar-refractivity contribution in [1.82, 2.24) is 30.2 Å². The molecule has 0 bridgehead atoms. The Morgan fingerprint density at radius 1 is 1.11 bits per heavy atom. The molecule has 1 aromatic carbocycles. The lowest BCUT2D eigenvalue weighted by Crippen LogP contribution is -2.24. The van der Waals surface area contributed by atoms with Crippen molar-refractivity contribution in [3.05, 3.63) is 78.5 Å². The number of H-pyrrole nitrogens is 2. The molecule has 1 amide bonds. The minimum atomic E-state index is -0.352. The van der Waals surface area contributed by atoms with Crippen molar-refractivity contribution in [2.45, 2.75) is 6.54 Å². The number of hydrogen-bond acceptors (Lipinski definition) is 4. The Balaban J connectivity index is 1.66. The Morgan fingerprint density at radius 3 is 2.78 bits per heavy atom. The van der Waals surface area contributed by atoms with Gasteiger partial charge in [-0.05, 0) is 24.3 Å². The van der Waals surface area contributed by atoms with Gasteiger partial charge in [0, 0.05) is 24.2 Å². The van der Waals surface area contributed by atoms with E-state index in [-0.39, 0.29) is 24.1 Å². The molecule has 8 heteroatoms. The van der Waals surface area contributed by atoms with E-state index in [1.165, 1.54) is 18.3 Å². The van der Waals surface area contributed by atoms with E-state index in [9.17, 15) is 9.18 Å². The first-order chi connectivity index (χ1) is 13.2. The molecule has 0 saturated heterocycles. The van der Waals surface area contributed by atoms with E-state index < -0.39 is 0 Å². The van der Waals surface area contributed by atoms with E-state index >= 15 is 0 Å². The third-order valence-electron chi connectivity index (χ3n) is 3.90. The molecular formula is C19H15FN6O. The molecule has 0 aliphatic carbocycles. The molecule has 3 aromatic heterocycles. The first-order valence-electron chi connectivity index (χ1n) is 8.24. The van der Waals surface area contributed by atoms with Gasteiger partial charge in [-0.15, -0.1) is 0 Å². The van der Waals surface area contributed by atoms with Crippen LogP contribution in [0.5, 0.6) is 0 Å². The summed E-state index contributed by atoms with van der Waals surface area (Å²) in [6, 6.07) is 11.7. The molecule has 27 heavy (non-hydrogen) atoms. The highest BCUT2D eigenvalue weighted by atomic mass is 19.1. The van der Waals surface area contributed by atoms with Crippen LogP contribution in [0.15, 0.2) is 61.1 Å². The van der Waals surface area contributed by atoms with E-state index in [0.717, 1.165) is 0 Å². The molecular weight excluding hydrogens is 347 g/mol. The number of amides is 1. The maximum absolute atomic E-state index is 13.7. The normalized spacial score (nSPS) is 10.7. The van der Waals surface area contributed by atoms with E-state index in [4.69, 9.17) is 0 Å². The van der Waals surface area contributed by atoms with Gasteiger partial charge in [-0.2, -0.15) is 0 Å². The van der Waals surface area contributed by atoms with E-state index in [0.29, 0.717) is 28.5 Å². The van der Waals surface area contributed by atoms with Gasteiger partial charge in [-0.1, -0.05) is 18.2 Å². The zero-order valence-corrected chi connectivity index (χ0v) is 14.1. The summed E-state index contributed by atoms with van der Waals surface area (Å²) in [5.74, 6) is 0.0462. The zero-order valence-electron chi connectivity index (χ0n) is 14.1. The standard InChI is InChI=1S/C19H15FN6O/c20-13-5-3-4-12(10-13)16-17(14-6-1-2-7-21-14)26-15(25-16)11-24-19(27)18-22-8-9-23-18/h1-10H,11H2,(H,22,23)(H,24,27)(H,25,26). The molecule has 0 aliphatic heterocycles. The lowest BCUT2D eigenvalue weighted by molar-refractivity contribution is 0.0940. The fourth-order valence-electron chi connectivity index (χ4n) is 2.68. The van der Waals surface area contributed by atoms with Crippen molar-refractivity contribution < 1.29 is 9.18 Å². The quantitative estimate of drug-likeness (QED) is 0.508. The van der Waals surface area contributed by atoms with Gasteiger partial charge in [0.15, 0.2) is 5.82 Å². The van der Waals surface area contributed by atoms with Gasteiger partial charge in [0.2, 0.25) is 0 Å². The monoisotopic (exact) mass is 362 g/mol. The molecule has 0 aliphatic rings. The van der Waals surface area contributed by atoms with Gasteiger partial charge in [0.05, 0.1) is 23.6 Å². The second kappa shape index (κ2) is 7.20. The predicted octanol–water partition coefficient (Wildman–Crippen LogP) is 2.93. The topological polar surface area (TPSA) is 99.3 Å². The third-order valence-corrected chi connectivity index (χ3v) is 3.90. The molecule has 4 aromatic rings. The van der Waals surface area contributed by atoms with Crippen LogP contribution in [0.1, 0.15) is 16.4 Å². The molecule has 0 saturated carbocycles. The number of aromatic amines is 2. The van der Waals surface area contributed by atoms with E-state index in [2.05, 4.69) is 30.2 Å². The first kappa shape index (κ1) is 16.6. The van der Waals surface area contributed by atoms with Crippen molar-refractivity contribution in [3.63, 3.8) is 0 Å². The number of halogens is 1. The SMILES string of the molecule is O=C(NCc1nc(-c2cccc(F)c2)c(-c2ccccn2)[nH]1)c1ncc[nH]1. The third kappa shape index (κ3) is 3.59. The van der Waals surface area contributed by atoms with Crippen LogP contribution in [-0.4, -0.2) is 30.8 Å². The Kier molecular flexibility index (Phi) is 4.44. The summed E-state index contributed by atoms with van der Waals surface area (Å²) in [4.78, 5) is 30.8. The Labute approximate surface area is 153 Å². The van der Waals surface area contributed by atoms with Crippen molar-refractivity contribution in [2.24, 2.45) is 0 Å². The van der Waals surface area contributed by atoms with Gasteiger partial charge < -0.3 is 15.3 Å². The lowest BCUT2D eigenvalue weighted by atomic mass is 10.1. The number of pyridine rings is 1. The van der Waals surface area contributed by atoms with Crippen molar-refractivity contribution >= 4 is 5.91 Å². The summed E-state index contributed by atoms with van der Waals surface area (Å²) in [6.07, 6.45) is 4.75. The molecule has 7 nitrogen and oxygen atoms in total. The number of carbonyl (C=O) groups excluding carboxylic acids is 1. The molecule has 0 fully saturated rings. The Morgan fingerprint density at radius 2 is 2.04 bits per heavy atom. The van der Waals surface area contributed by atoms with Gasteiger partial charge in [0.1, 0.15) is 11.6 Å². The summed E-state index contributed by atoms with van der Waals surface area (Å²) in [5.41, 5.74) is 2.52. The molecule has 3 heterocycles. The predicted molar refractivity (Wildman–Crippen MR) is 97.0 cm³/mol. The number of nitrogens with one attached hydrogen (secondary N) is 3.